The molecular formula is C14H29NO2S. The van der Waals surface area contributed by atoms with Crippen molar-refractivity contribution in [2.24, 2.45) is 5.92 Å². The van der Waals surface area contributed by atoms with E-state index in [0.29, 0.717) is 17.7 Å². The van der Waals surface area contributed by atoms with Gasteiger partial charge in [-0.2, -0.15) is 0 Å². The monoisotopic (exact) mass is 275 g/mol. The van der Waals surface area contributed by atoms with Crippen LogP contribution in [0, 0.1) is 5.92 Å². The molecule has 1 rings (SSSR count). The molecule has 18 heavy (non-hydrogen) atoms. The van der Waals surface area contributed by atoms with Crippen molar-refractivity contribution < 1.29 is 8.42 Å². The van der Waals surface area contributed by atoms with Gasteiger partial charge in [0.05, 0.1) is 10.5 Å². The molecule has 1 aliphatic carbocycles. The Morgan fingerprint density at radius 1 is 1.17 bits per heavy atom. The van der Waals surface area contributed by atoms with E-state index < -0.39 is 14.6 Å². The molecular weight excluding hydrogens is 246 g/mol. The first-order valence-electron chi connectivity index (χ1n) is 7.16. The van der Waals surface area contributed by atoms with Gasteiger partial charge in [0, 0.05) is 6.04 Å². The van der Waals surface area contributed by atoms with Crippen LogP contribution < -0.4 is 5.32 Å². The van der Waals surface area contributed by atoms with Crippen LogP contribution in [0.15, 0.2) is 0 Å². The van der Waals surface area contributed by atoms with Gasteiger partial charge in [-0.05, 0) is 53.0 Å². The maximum Gasteiger partial charge on any atom is 0.155 e. The van der Waals surface area contributed by atoms with Gasteiger partial charge in [-0.1, -0.05) is 19.3 Å². The summed E-state index contributed by atoms with van der Waals surface area (Å²) in [7, 11) is -0.941. The second kappa shape index (κ2) is 6.38. The quantitative estimate of drug-likeness (QED) is 0.803. The zero-order valence-corrected chi connectivity index (χ0v) is 13.1. The molecule has 1 aliphatic rings. The summed E-state index contributed by atoms with van der Waals surface area (Å²) in [6, 6.07) is 0.579. The fourth-order valence-corrected chi connectivity index (χ4v) is 3.87. The highest BCUT2D eigenvalue weighted by atomic mass is 32.2. The van der Waals surface area contributed by atoms with E-state index in [1.807, 2.05) is 7.05 Å². The lowest BCUT2D eigenvalue weighted by Gasteiger charge is -2.23. The largest absolute Gasteiger partial charge is 0.317 e. The molecule has 1 saturated carbocycles. The van der Waals surface area contributed by atoms with Gasteiger partial charge >= 0.3 is 0 Å². The summed E-state index contributed by atoms with van der Waals surface area (Å²) in [5, 5.41) is 3.35. The topological polar surface area (TPSA) is 46.2 Å². The second-order valence-electron chi connectivity index (χ2n) is 6.59. The number of hydrogen-bond donors (Lipinski definition) is 1. The summed E-state index contributed by atoms with van der Waals surface area (Å²) in [4.78, 5) is 0. The lowest BCUT2D eigenvalue weighted by Crippen LogP contribution is -2.32. The first-order chi connectivity index (χ1) is 8.26. The Bertz CT molecular complexity index is 343. The molecule has 108 valence electrons. The minimum Gasteiger partial charge on any atom is -0.317 e. The molecule has 2 unspecified atom stereocenters. The van der Waals surface area contributed by atoms with Gasteiger partial charge < -0.3 is 5.32 Å². The highest BCUT2D eigenvalue weighted by Gasteiger charge is 2.30. The van der Waals surface area contributed by atoms with E-state index in [-0.39, 0.29) is 0 Å². The molecule has 0 bridgehead atoms. The lowest BCUT2D eigenvalue weighted by atomic mass is 9.95. The molecule has 4 heteroatoms. The highest BCUT2D eigenvalue weighted by molar-refractivity contribution is 7.92. The van der Waals surface area contributed by atoms with Crippen LogP contribution >= 0.6 is 0 Å². The van der Waals surface area contributed by atoms with E-state index in [1.54, 1.807) is 20.8 Å². The summed E-state index contributed by atoms with van der Waals surface area (Å²) in [5.41, 5.74) is 0. The SMILES string of the molecule is CNC1CCCCC(CCS(=O)(=O)C(C)(C)C)C1. The van der Waals surface area contributed by atoms with Crippen LogP contribution in [0.3, 0.4) is 0 Å². The first-order valence-corrected chi connectivity index (χ1v) is 8.81. The van der Waals surface area contributed by atoms with Crippen molar-refractivity contribution in [1.82, 2.24) is 5.32 Å². The molecule has 0 aromatic heterocycles. The van der Waals surface area contributed by atoms with Gasteiger partial charge in [-0.3, -0.25) is 0 Å². The van der Waals surface area contributed by atoms with Crippen molar-refractivity contribution >= 4 is 9.84 Å². The molecule has 2 atom stereocenters. The Balaban J connectivity index is 2.52. The zero-order chi connectivity index (χ0) is 13.8. The van der Waals surface area contributed by atoms with Crippen molar-refractivity contribution in [2.75, 3.05) is 12.8 Å². The van der Waals surface area contributed by atoms with E-state index in [4.69, 9.17) is 0 Å². The third-order valence-electron chi connectivity index (χ3n) is 4.17. The fourth-order valence-electron chi connectivity index (χ4n) is 2.61. The molecule has 1 fully saturated rings. The summed E-state index contributed by atoms with van der Waals surface area (Å²) >= 11 is 0. The maximum absolute atomic E-state index is 12.1. The van der Waals surface area contributed by atoms with E-state index in [2.05, 4.69) is 5.32 Å². The zero-order valence-electron chi connectivity index (χ0n) is 12.3. The van der Waals surface area contributed by atoms with Gasteiger partial charge in [0.15, 0.2) is 9.84 Å². The van der Waals surface area contributed by atoms with Gasteiger partial charge in [-0.25, -0.2) is 8.42 Å². The Labute approximate surface area is 113 Å². The average Bonchev–Trinajstić information content (AvgIpc) is 2.49. The number of hydrogen-bond acceptors (Lipinski definition) is 3. The number of rotatable bonds is 4. The second-order valence-corrected chi connectivity index (χ2v) is 9.45. The maximum atomic E-state index is 12.1. The third kappa shape index (κ3) is 4.54. The molecule has 0 spiro atoms. The highest BCUT2D eigenvalue weighted by Crippen LogP contribution is 2.27. The Morgan fingerprint density at radius 3 is 2.33 bits per heavy atom. The number of nitrogens with one attached hydrogen (secondary N) is 1. The Kier molecular flexibility index (Phi) is 5.66. The molecule has 0 radical (unpaired) electrons. The third-order valence-corrected chi connectivity index (χ3v) is 6.81. The van der Waals surface area contributed by atoms with Crippen molar-refractivity contribution in [2.45, 2.75) is 70.1 Å². The average molecular weight is 275 g/mol. The van der Waals surface area contributed by atoms with E-state index in [1.165, 1.54) is 25.7 Å². The predicted octanol–water partition coefficient (Wildman–Crippen LogP) is 2.76. The minimum absolute atomic E-state index is 0.345. The standard InChI is InChI=1S/C14H29NO2S/c1-14(2,3)18(16,17)10-9-12-7-5-6-8-13(11-12)15-4/h12-13,15H,5-11H2,1-4H3. The summed E-state index contributed by atoms with van der Waals surface area (Å²) in [5.74, 6) is 0.916. The summed E-state index contributed by atoms with van der Waals surface area (Å²) in [6.45, 7) is 5.39. The predicted molar refractivity (Wildman–Crippen MR) is 77.6 cm³/mol. The van der Waals surface area contributed by atoms with E-state index in [0.717, 1.165) is 12.8 Å². The molecule has 0 heterocycles. The fraction of sp³-hybridized carbons (Fsp3) is 1.00. The van der Waals surface area contributed by atoms with Gasteiger partial charge in [0.1, 0.15) is 0 Å². The first kappa shape index (κ1) is 16.0. The minimum atomic E-state index is -2.95. The lowest BCUT2D eigenvalue weighted by molar-refractivity contribution is 0.392. The van der Waals surface area contributed by atoms with Crippen molar-refractivity contribution in [3.8, 4) is 0 Å². The van der Waals surface area contributed by atoms with Crippen LogP contribution in [-0.2, 0) is 9.84 Å². The van der Waals surface area contributed by atoms with Crippen LogP contribution in [0.1, 0.15) is 59.3 Å². The molecule has 0 aromatic carbocycles. The van der Waals surface area contributed by atoms with Crippen molar-refractivity contribution in [3.63, 3.8) is 0 Å². The van der Waals surface area contributed by atoms with Crippen LogP contribution in [-0.4, -0.2) is 32.0 Å². The van der Waals surface area contributed by atoms with Gasteiger partial charge in [-0.15, -0.1) is 0 Å². The molecule has 3 nitrogen and oxygen atoms in total. The van der Waals surface area contributed by atoms with Crippen molar-refractivity contribution in [1.29, 1.82) is 0 Å². The number of sulfone groups is 1. The molecule has 0 aliphatic heterocycles. The van der Waals surface area contributed by atoms with Crippen molar-refractivity contribution in [3.05, 3.63) is 0 Å². The van der Waals surface area contributed by atoms with Crippen LogP contribution in [0.5, 0.6) is 0 Å². The normalized spacial score (nSPS) is 26.9. The summed E-state index contributed by atoms with van der Waals surface area (Å²) in [6.07, 6.45) is 6.91. The van der Waals surface area contributed by atoms with E-state index >= 15 is 0 Å². The summed E-state index contributed by atoms with van der Waals surface area (Å²) < 4.78 is 23.6. The van der Waals surface area contributed by atoms with Crippen LogP contribution in [0.2, 0.25) is 0 Å². The Hall–Kier alpha value is -0.0900. The molecule has 0 aromatic rings. The van der Waals surface area contributed by atoms with Crippen LogP contribution in [0.25, 0.3) is 0 Å². The van der Waals surface area contributed by atoms with Crippen LogP contribution in [0.4, 0.5) is 0 Å². The van der Waals surface area contributed by atoms with Gasteiger partial charge in [0.25, 0.3) is 0 Å². The molecule has 0 saturated heterocycles. The van der Waals surface area contributed by atoms with Gasteiger partial charge in [0.2, 0.25) is 0 Å². The smallest absolute Gasteiger partial charge is 0.155 e. The molecule has 0 amide bonds. The van der Waals surface area contributed by atoms with E-state index in [9.17, 15) is 8.42 Å². The molecule has 1 N–H and O–H groups in total. The Morgan fingerprint density at radius 2 is 1.78 bits per heavy atom.